The molecule has 0 unspecified atom stereocenters. The summed E-state index contributed by atoms with van der Waals surface area (Å²) in [6.07, 6.45) is 1.86. The SMILES string of the molecule is CCCC#Cc1cc(Cl)ccc1NC(C)=O. The molecule has 1 aromatic rings. The summed E-state index contributed by atoms with van der Waals surface area (Å²) in [5.41, 5.74) is 1.47. The predicted molar refractivity (Wildman–Crippen MR) is 67.5 cm³/mol. The van der Waals surface area contributed by atoms with Crippen LogP contribution in [0.1, 0.15) is 32.3 Å². The van der Waals surface area contributed by atoms with Crippen LogP contribution in [0.3, 0.4) is 0 Å². The number of halogens is 1. The third-order valence-electron chi connectivity index (χ3n) is 1.89. The molecule has 0 spiro atoms. The second-order valence-electron chi connectivity index (χ2n) is 3.42. The minimum Gasteiger partial charge on any atom is -0.325 e. The number of rotatable bonds is 2. The van der Waals surface area contributed by atoms with Crippen molar-refractivity contribution in [2.75, 3.05) is 5.32 Å². The van der Waals surface area contributed by atoms with Gasteiger partial charge in [-0.25, -0.2) is 0 Å². The Morgan fingerprint density at radius 2 is 2.25 bits per heavy atom. The Kier molecular flexibility index (Phi) is 4.88. The van der Waals surface area contributed by atoms with Crippen molar-refractivity contribution in [1.82, 2.24) is 0 Å². The molecule has 1 aromatic carbocycles. The summed E-state index contributed by atoms with van der Waals surface area (Å²) in [4.78, 5) is 11.0. The van der Waals surface area contributed by atoms with Crippen molar-refractivity contribution in [2.24, 2.45) is 0 Å². The number of nitrogens with one attached hydrogen (secondary N) is 1. The summed E-state index contributed by atoms with van der Waals surface area (Å²) in [7, 11) is 0. The molecule has 0 atom stereocenters. The van der Waals surface area contributed by atoms with Gasteiger partial charge in [-0.15, -0.1) is 0 Å². The van der Waals surface area contributed by atoms with Gasteiger partial charge in [0.05, 0.1) is 5.69 Å². The van der Waals surface area contributed by atoms with Gasteiger partial charge in [0.15, 0.2) is 0 Å². The van der Waals surface area contributed by atoms with E-state index in [9.17, 15) is 4.79 Å². The lowest BCUT2D eigenvalue weighted by atomic mass is 10.1. The van der Waals surface area contributed by atoms with Crippen LogP contribution >= 0.6 is 11.6 Å². The fraction of sp³-hybridized carbons (Fsp3) is 0.308. The van der Waals surface area contributed by atoms with Crippen LogP contribution in [-0.2, 0) is 4.79 Å². The maximum Gasteiger partial charge on any atom is 0.221 e. The topological polar surface area (TPSA) is 29.1 Å². The Morgan fingerprint density at radius 3 is 2.88 bits per heavy atom. The third-order valence-corrected chi connectivity index (χ3v) is 2.13. The smallest absolute Gasteiger partial charge is 0.221 e. The van der Waals surface area contributed by atoms with Gasteiger partial charge in [0, 0.05) is 23.9 Å². The zero-order valence-corrected chi connectivity index (χ0v) is 10.2. The molecule has 1 N–H and O–H groups in total. The Balaban J connectivity index is 2.99. The number of carbonyl (C=O) groups excluding carboxylic acids is 1. The van der Waals surface area contributed by atoms with E-state index in [-0.39, 0.29) is 5.91 Å². The normalized spacial score (nSPS) is 9.19. The van der Waals surface area contributed by atoms with Gasteiger partial charge in [-0.1, -0.05) is 30.4 Å². The van der Waals surface area contributed by atoms with Crippen molar-refractivity contribution >= 4 is 23.2 Å². The van der Waals surface area contributed by atoms with Crippen LogP contribution in [0.5, 0.6) is 0 Å². The van der Waals surface area contributed by atoms with E-state index in [4.69, 9.17) is 11.6 Å². The van der Waals surface area contributed by atoms with Gasteiger partial charge < -0.3 is 5.32 Å². The number of benzene rings is 1. The quantitative estimate of drug-likeness (QED) is 0.782. The fourth-order valence-electron chi connectivity index (χ4n) is 1.20. The van der Waals surface area contributed by atoms with Gasteiger partial charge in [0.25, 0.3) is 0 Å². The number of amides is 1. The molecule has 0 heterocycles. The molecule has 0 saturated heterocycles. The summed E-state index contributed by atoms with van der Waals surface area (Å²) in [5.74, 6) is 5.93. The Labute approximate surface area is 101 Å². The van der Waals surface area contributed by atoms with Crippen LogP contribution < -0.4 is 5.32 Å². The van der Waals surface area contributed by atoms with E-state index < -0.39 is 0 Å². The highest BCUT2D eigenvalue weighted by atomic mass is 35.5. The first-order chi connectivity index (χ1) is 7.63. The van der Waals surface area contributed by atoms with Crippen molar-refractivity contribution < 1.29 is 4.79 Å². The largest absolute Gasteiger partial charge is 0.325 e. The van der Waals surface area contributed by atoms with E-state index >= 15 is 0 Å². The molecule has 0 bridgehead atoms. The molecule has 3 heteroatoms. The predicted octanol–water partition coefficient (Wildman–Crippen LogP) is 3.45. The summed E-state index contributed by atoms with van der Waals surface area (Å²) >= 11 is 5.89. The summed E-state index contributed by atoms with van der Waals surface area (Å²) in [6, 6.07) is 5.26. The number of unbranched alkanes of at least 4 members (excludes halogenated alkanes) is 1. The molecule has 16 heavy (non-hydrogen) atoms. The zero-order chi connectivity index (χ0) is 12.0. The monoisotopic (exact) mass is 235 g/mol. The van der Waals surface area contributed by atoms with E-state index in [0.717, 1.165) is 18.4 Å². The molecule has 1 amide bonds. The maximum atomic E-state index is 11.0. The molecule has 84 valence electrons. The molecule has 0 fully saturated rings. The number of carbonyl (C=O) groups is 1. The van der Waals surface area contributed by atoms with Crippen LogP contribution in [-0.4, -0.2) is 5.91 Å². The van der Waals surface area contributed by atoms with E-state index in [1.807, 2.05) is 0 Å². The molecule has 0 aliphatic carbocycles. The lowest BCUT2D eigenvalue weighted by molar-refractivity contribution is -0.114. The van der Waals surface area contributed by atoms with Gasteiger partial charge >= 0.3 is 0 Å². The Morgan fingerprint density at radius 1 is 1.50 bits per heavy atom. The van der Waals surface area contributed by atoms with E-state index in [0.29, 0.717) is 10.7 Å². The first-order valence-electron chi connectivity index (χ1n) is 5.19. The van der Waals surface area contributed by atoms with Crippen LogP contribution in [0.4, 0.5) is 5.69 Å². The lowest BCUT2D eigenvalue weighted by Gasteiger charge is -2.05. The first kappa shape index (κ1) is 12.6. The molecule has 0 radical (unpaired) electrons. The van der Waals surface area contributed by atoms with Gasteiger partial charge in [-0.05, 0) is 24.6 Å². The highest BCUT2D eigenvalue weighted by Gasteiger charge is 2.02. The van der Waals surface area contributed by atoms with Gasteiger partial charge in [0.2, 0.25) is 5.91 Å². The van der Waals surface area contributed by atoms with Crippen LogP contribution in [0, 0.1) is 11.8 Å². The van der Waals surface area contributed by atoms with Crippen molar-refractivity contribution in [3.63, 3.8) is 0 Å². The van der Waals surface area contributed by atoms with Gasteiger partial charge in [0.1, 0.15) is 0 Å². The molecule has 0 aliphatic heterocycles. The van der Waals surface area contributed by atoms with Gasteiger partial charge in [-0.2, -0.15) is 0 Å². The van der Waals surface area contributed by atoms with Crippen LogP contribution in [0.2, 0.25) is 5.02 Å². The Hall–Kier alpha value is -1.46. The highest BCUT2D eigenvalue weighted by Crippen LogP contribution is 2.19. The standard InChI is InChI=1S/C13H14ClNO/c1-3-4-5-6-11-9-12(14)7-8-13(11)15-10(2)16/h7-9H,3-4H2,1-2H3,(H,15,16). The first-order valence-corrected chi connectivity index (χ1v) is 5.57. The summed E-state index contributed by atoms with van der Waals surface area (Å²) < 4.78 is 0. The molecule has 1 rings (SSSR count). The lowest BCUT2D eigenvalue weighted by Crippen LogP contribution is -2.07. The zero-order valence-electron chi connectivity index (χ0n) is 9.43. The summed E-state index contributed by atoms with van der Waals surface area (Å²) in [5, 5.41) is 3.35. The Bertz CT molecular complexity index is 443. The van der Waals surface area contributed by atoms with Crippen molar-refractivity contribution in [2.45, 2.75) is 26.7 Å². The molecule has 0 aromatic heterocycles. The average molecular weight is 236 g/mol. The third kappa shape index (κ3) is 3.96. The number of hydrogen-bond acceptors (Lipinski definition) is 1. The van der Waals surface area contributed by atoms with Crippen molar-refractivity contribution in [3.8, 4) is 11.8 Å². The minimum absolute atomic E-state index is 0.110. The molecule has 2 nitrogen and oxygen atoms in total. The summed E-state index contributed by atoms with van der Waals surface area (Å²) in [6.45, 7) is 3.54. The molecular weight excluding hydrogens is 222 g/mol. The second-order valence-corrected chi connectivity index (χ2v) is 3.86. The maximum absolute atomic E-state index is 11.0. The fourth-order valence-corrected chi connectivity index (χ4v) is 1.37. The van der Waals surface area contributed by atoms with E-state index in [1.165, 1.54) is 6.92 Å². The highest BCUT2D eigenvalue weighted by molar-refractivity contribution is 6.30. The van der Waals surface area contributed by atoms with Crippen molar-refractivity contribution in [3.05, 3.63) is 28.8 Å². The van der Waals surface area contributed by atoms with Crippen LogP contribution in [0.15, 0.2) is 18.2 Å². The second kappa shape index (κ2) is 6.19. The van der Waals surface area contributed by atoms with E-state index in [1.54, 1.807) is 18.2 Å². The number of hydrogen-bond donors (Lipinski definition) is 1. The minimum atomic E-state index is -0.110. The van der Waals surface area contributed by atoms with Crippen molar-refractivity contribution in [1.29, 1.82) is 0 Å². The number of anilines is 1. The molecular formula is C13H14ClNO. The molecule has 0 saturated carbocycles. The van der Waals surface area contributed by atoms with E-state index in [2.05, 4.69) is 24.1 Å². The van der Waals surface area contributed by atoms with Crippen LogP contribution in [0.25, 0.3) is 0 Å². The molecule has 0 aliphatic rings. The average Bonchev–Trinajstić information content (AvgIpc) is 2.22. The van der Waals surface area contributed by atoms with Gasteiger partial charge in [-0.3, -0.25) is 4.79 Å².